The number of carbonyl (C=O) groups is 1. The Morgan fingerprint density at radius 1 is 1.65 bits per heavy atom. The van der Waals surface area contributed by atoms with Gasteiger partial charge in [0.25, 0.3) is 11.5 Å². The van der Waals surface area contributed by atoms with E-state index in [0.717, 1.165) is 5.75 Å². The second-order valence-electron chi connectivity index (χ2n) is 3.38. The molecule has 0 saturated carbocycles. The summed E-state index contributed by atoms with van der Waals surface area (Å²) in [5, 5.41) is 2.73. The molecule has 0 spiro atoms. The van der Waals surface area contributed by atoms with Crippen LogP contribution in [0.1, 0.15) is 10.4 Å². The van der Waals surface area contributed by atoms with Crippen LogP contribution < -0.4 is 10.9 Å². The second kappa shape index (κ2) is 6.81. The van der Waals surface area contributed by atoms with Crippen molar-refractivity contribution in [3.05, 3.63) is 34.2 Å². The molecule has 5 heteroatoms. The van der Waals surface area contributed by atoms with Crippen molar-refractivity contribution in [3.8, 4) is 12.3 Å². The molecule has 1 aromatic rings. The fraction of sp³-hybridized carbons (Fsp3) is 0.333. The van der Waals surface area contributed by atoms with Gasteiger partial charge in [-0.15, -0.1) is 18.2 Å². The molecular formula is C12H14N2O2S. The Balaban J connectivity index is 2.45. The van der Waals surface area contributed by atoms with Crippen LogP contribution in [-0.2, 0) is 7.05 Å². The molecule has 1 aromatic heterocycles. The van der Waals surface area contributed by atoms with E-state index in [1.807, 2.05) is 0 Å². The lowest BCUT2D eigenvalue weighted by atomic mass is 10.2. The number of amides is 1. The van der Waals surface area contributed by atoms with E-state index in [1.165, 1.54) is 10.6 Å². The lowest BCUT2D eigenvalue weighted by molar-refractivity contribution is 0.0956. The van der Waals surface area contributed by atoms with Crippen LogP contribution >= 0.6 is 11.8 Å². The molecule has 1 rings (SSSR count). The average Bonchev–Trinajstić information content (AvgIpc) is 2.32. The number of rotatable bonds is 5. The molecule has 0 aliphatic rings. The van der Waals surface area contributed by atoms with Crippen molar-refractivity contribution in [3.63, 3.8) is 0 Å². The third-order valence-electron chi connectivity index (χ3n) is 2.08. The highest BCUT2D eigenvalue weighted by Crippen LogP contribution is 1.97. The minimum Gasteiger partial charge on any atom is -0.351 e. The van der Waals surface area contributed by atoms with Crippen molar-refractivity contribution < 1.29 is 4.79 Å². The summed E-state index contributed by atoms with van der Waals surface area (Å²) in [7, 11) is 1.64. The predicted molar refractivity (Wildman–Crippen MR) is 70.2 cm³/mol. The van der Waals surface area contributed by atoms with Gasteiger partial charge in [-0.2, -0.15) is 0 Å². The molecule has 0 unspecified atom stereocenters. The van der Waals surface area contributed by atoms with Gasteiger partial charge < -0.3 is 9.88 Å². The lowest BCUT2D eigenvalue weighted by Crippen LogP contribution is -2.27. The SMILES string of the molecule is C#CCSCCNC(=O)c1ccn(C)c(=O)c1. The molecular weight excluding hydrogens is 236 g/mol. The van der Waals surface area contributed by atoms with Gasteiger partial charge in [0.2, 0.25) is 0 Å². The molecule has 0 saturated heterocycles. The fourth-order valence-corrected chi connectivity index (χ4v) is 1.67. The third-order valence-corrected chi connectivity index (χ3v) is 2.95. The summed E-state index contributed by atoms with van der Waals surface area (Å²) in [6.45, 7) is 0.542. The van der Waals surface area contributed by atoms with E-state index in [0.29, 0.717) is 17.9 Å². The zero-order valence-electron chi connectivity index (χ0n) is 9.60. The van der Waals surface area contributed by atoms with E-state index in [4.69, 9.17) is 6.42 Å². The molecule has 17 heavy (non-hydrogen) atoms. The zero-order chi connectivity index (χ0) is 12.7. The number of hydrogen-bond acceptors (Lipinski definition) is 3. The maximum atomic E-state index is 11.6. The number of aromatic nitrogens is 1. The highest BCUT2D eigenvalue weighted by atomic mass is 32.2. The van der Waals surface area contributed by atoms with Gasteiger partial charge in [0, 0.05) is 37.2 Å². The second-order valence-corrected chi connectivity index (χ2v) is 4.48. The Kier molecular flexibility index (Phi) is 5.37. The predicted octanol–water partition coefficient (Wildman–Crippen LogP) is 0.481. The van der Waals surface area contributed by atoms with Gasteiger partial charge >= 0.3 is 0 Å². The number of pyridine rings is 1. The van der Waals surface area contributed by atoms with Crippen molar-refractivity contribution in [1.29, 1.82) is 0 Å². The molecule has 0 aliphatic heterocycles. The number of carbonyl (C=O) groups excluding carboxylic acids is 1. The standard InChI is InChI=1S/C12H14N2O2S/c1-3-7-17-8-5-13-12(16)10-4-6-14(2)11(15)9-10/h1,4,6,9H,5,7-8H2,2H3,(H,13,16). The van der Waals surface area contributed by atoms with Gasteiger partial charge in [0.05, 0.1) is 5.75 Å². The maximum Gasteiger partial charge on any atom is 0.251 e. The summed E-state index contributed by atoms with van der Waals surface area (Å²) in [6.07, 6.45) is 6.67. The summed E-state index contributed by atoms with van der Waals surface area (Å²) in [5.74, 6) is 3.68. The molecule has 1 N–H and O–H groups in total. The Morgan fingerprint density at radius 2 is 2.41 bits per heavy atom. The highest BCUT2D eigenvalue weighted by Gasteiger charge is 2.05. The normalized spacial score (nSPS) is 9.65. The number of thioether (sulfide) groups is 1. The monoisotopic (exact) mass is 250 g/mol. The Labute approximate surface area is 104 Å². The Hall–Kier alpha value is -1.67. The number of nitrogens with one attached hydrogen (secondary N) is 1. The molecule has 0 aromatic carbocycles. The number of nitrogens with zero attached hydrogens (tertiary/aromatic N) is 1. The summed E-state index contributed by atoms with van der Waals surface area (Å²) >= 11 is 1.58. The van der Waals surface area contributed by atoms with Crippen LogP contribution in [0.25, 0.3) is 0 Å². The first kappa shape index (κ1) is 13.4. The molecule has 90 valence electrons. The van der Waals surface area contributed by atoms with Gasteiger partial charge in [0.1, 0.15) is 0 Å². The molecule has 0 radical (unpaired) electrons. The Bertz CT molecular complexity index is 488. The molecule has 0 aliphatic carbocycles. The zero-order valence-corrected chi connectivity index (χ0v) is 10.4. The van der Waals surface area contributed by atoms with E-state index in [1.54, 1.807) is 31.1 Å². The van der Waals surface area contributed by atoms with E-state index in [9.17, 15) is 9.59 Å². The quantitative estimate of drug-likeness (QED) is 0.611. The van der Waals surface area contributed by atoms with Crippen molar-refractivity contribution in [2.24, 2.45) is 7.05 Å². The summed E-state index contributed by atoms with van der Waals surface area (Å²) in [5.41, 5.74) is 0.189. The van der Waals surface area contributed by atoms with Gasteiger partial charge in [0.15, 0.2) is 0 Å². The van der Waals surface area contributed by atoms with E-state index < -0.39 is 0 Å². The topological polar surface area (TPSA) is 51.1 Å². The first-order chi connectivity index (χ1) is 8.15. The molecule has 0 atom stereocenters. The number of terminal acetylenes is 1. The van der Waals surface area contributed by atoms with Crippen LogP contribution in [0.15, 0.2) is 23.1 Å². The molecule has 0 fully saturated rings. The number of aryl methyl sites for hydroxylation is 1. The minimum atomic E-state index is -0.232. The van der Waals surface area contributed by atoms with Gasteiger partial charge in [-0.05, 0) is 6.07 Å². The van der Waals surface area contributed by atoms with E-state index in [-0.39, 0.29) is 11.5 Å². The first-order valence-corrected chi connectivity index (χ1v) is 6.26. The van der Waals surface area contributed by atoms with E-state index >= 15 is 0 Å². The van der Waals surface area contributed by atoms with Crippen LogP contribution in [0.5, 0.6) is 0 Å². The van der Waals surface area contributed by atoms with Crippen molar-refractivity contribution in [2.45, 2.75) is 0 Å². The first-order valence-electron chi connectivity index (χ1n) is 5.11. The summed E-state index contributed by atoms with van der Waals surface area (Å²) in [4.78, 5) is 22.9. The molecule has 4 nitrogen and oxygen atoms in total. The van der Waals surface area contributed by atoms with Crippen LogP contribution in [-0.4, -0.2) is 28.5 Å². The van der Waals surface area contributed by atoms with Gasteiger partial charge in [-0.25, -0.2) is 0 Å². The van der Waals surface area contributed by atoms with Crippen molar-refractivity contribution in [2.75, 3.05) is 18.1 Å². The van der Waals surface area contributed by atoms with Gasteiger partial charge in [-0.3, -0.25) is 9.59 Å². The lowest BCUT2D eigenvalue weighted by Gasteiger charge is -2.04. The summed E-state index contributed by atoms with van der Waals surface area (Å²) < 4.78 is 1.42. The largest absolute Gasteiger partial charge is 0.351 e. The fourth-order valence-electron chi connectivity index (χ4n) is 1.16. The number of hydrogen-bond donors (Lipinski definition) is 1. The maximum absolute atomic E-state index is 11.6. The van der Waals surface area contributed by atoms with Crippen LogP contribution in [0.3, 0.4) is 0 Å². The molecule has 0 bridgehead atoms. The van der Waals surface area contributed by atoms with Crippen molar-refractivity contribution in [1.82, 2.24) is 9.88 Å². The average molecular weight is 250 g/mol. The van der Waals surface area contributed by atoms with Gasteiger partial charge in [-0.1, -0.05) is 5.92 Å². The minimum absolute atomic E-state index is 0.195. The van der Waals surface area contributed by atoms with Crippen LogP contribution in [0, 0.1) is 12.3 Å². The highest BCUT2D eigenvalue weighted by molar-refractivity contribution is 7.99. The smallest absolute Gasteiger partial charge is 0.251 e. The van der Waals surface area contributed by atoms with Crippen LogP contribution in [0.4, 0.5) is 0 Å². The Morgan fingerprint density at radius 3 is 3.06 bits per heavy atom. The van der Waals surface area contributed by atoms with E-state index in [2.05, 4.69) is 11.2 Å². The van der Waals surface area contributed by atoms with Crippen molar-refractivity contribution >= 4 is 17.7 Å². The summed E-state index contributed by atoms with van der Waals surface area (Å²) in [6, 6.07) is 2.94. The third kappa shape index (κ3) is 4.37. The molecule has 1 heterocycles. The molecule has 1 amide bonds. The van der Waals surface area contributed by atoms with Crippen LogP contribution in [0.2, 0.25) is 0 Å².